The van der Waals surface area contributed by atoms with E-state index in [0.29, 0.717) is 35.8 Å². The van der Waals surface area contributed by atoms with Crippen LogP contribution in [0, 0.1) is 0 Å². The van der Waals surface area contributed by atoms with E-state index in [1.165, 1.54) is 0 Å². The summed E-state index contributed by atoms with van der Waals surface area (Å²) >= 11 is 0. The summed E-state index contributed by atoms with van der Waals surface area (Å²) in [7, 11) is 0. The summed E-state index contributed by atoms with van der Waals surface area (Å²) in [4.78, 5) is 28.6. The molecule has 0 aliphatic carbocycles. The van der Waals surface area contributed by atoms with Gasteiger partial charge in [-0.15, -0.1) is 0 Å². The lowest BCUT2D eigenvalue weighted by molar-refractivity contribution is 0.0527. The second-order valence-corrected chi connectivity index (χ2v) is 6.17. The van der Waals surface area contributed by atoms with Crippen molar-refractivity contribution in [3.63, 3.8) is 0 Å². The predicted molar refractivity (Wildman–Crippen MR) is 101 cm³/mol. The van der Waals surface area contributed by atoms with Crippen LogP contribution in [-0.4, -0.2) is 42.7 Å². The number of pyridine rings is 1. The van der Waals surface area contributed by atoms with Gasteiger partial charge in [-0.2, -0.15) is 0 Å². The molecule has 1 aromatic heterocycles. The van der Waals surface area contributed by atoms with Gasteiger partial charge in [0.15, 0.2) is 0 Å². The van der Waals surface area contributed by atoms with E-state index in [4.69, 9.17) is 9.47 Å². The number of ether oxygens (including phenoxy) is 2. The van der Waals surface area contributed by atoms with Gasteiger partial charge in [0.25, 0.3) is 5.91 Å². The van der Waals surface area contributed by atoms with Gasteiger partial charge in [-0.25, -0.2) is 4.79 Å². The number of nitrogens with one attached hydrogen (secondary N) is 2. The molecule has 0 bridgehead atoms. The summed E-state index contributed by atoms with van der Waals surface area (Å²) in [6, 6.07) is 10.4. The zero-order chi connectivity index (χ0) is 19.1. The summed E-state index contributed by atoms with van der Waals surface area (Å²) < 4.78 is 10.6. The van der Waals surface area contributed by atoms with E-state index in [-0.39, 0.29) is 12.0 Å². The number of para-hydroxylation sites is 1. The second-order valence-electron chi connectivity index (χ2n) is 6.17. The van der Waals surface area contributed by atoms with Crippen molar-refractivity contribution in [2.24, 2.45) is 0 Å². The highest BCUT2D eigenvalue weighted by molar-refractivity contribution is 5.97. The van der Waals surface area contributed by atoms with Gasteiger partial charge in [-0.3, -0.25) is 9.78 Å². The maximum Gasteiger partial charge on any atom is 0.340 e. The summed E-state index contributed by atoms with van der Waals surface area (Å²) in [5, 5.41) is 6.01. The minimum Gasteiger partial charge on any atom is -0.462 e. The molecule has 1 aliphatic rings. The molecule has 1 atom stereocenters. The number of carbonyl (C=O) groups is 2. The van der Waals surface area contributed by atoms with Crippen LogP contribution < -0.4 is 10.6 Å². The van der Waals surface area contributed by atoms with Crippen LogP contribution >= 0.6 is 0 Å². The Hall–Kier alpha value is -2.93. The molecule has 142 valence electrons. The number of hydrogen-bond donors (Lipinski definition) is 2. The maximum atomic E-state index is 12.3. The SMILES string of the molecule is CCOC(=O)c1ccccc1Nc1ccnc(C(=O)NCC2CCCO2)c1. The molecule has 1 fully saturated rings. The second kappa shape index (κ2) is 9.14. The van der Waals surface area contributed by atoms with Gasteiger partial charge in [-0.05, 0) is 44.0 Å². The number of amides is 1. The average molecular weight is 369 g/mol. The number of nitrogens with zero attached hydrogens (tertiary/aromatic N) is 1. The molecule has 7 nitrogen and oxygen atoms in total. The van der Waals surface area contributed by atoms with E-state index in [2.05, 4.69) is 15.6 Å². The van der Waals surface area contributed by atoms with E-state index in [9.17, 15) is 9.59 Å². The Bertz CT molecular complexity index is 803. The van der Waals surface area contributed by atoms with Crippen molar-refractivity contribution in [1.82, 2.24) is 10.3 Å². The number of hydrogen-bond acceptors (Lipinski definition) is 6. The molecule has 2 heterocycles. The van der Waals surface area contributed by atoms with E-state index in [1.807, 2.05) is 6.07 Å². The first-order valence-corrected chi connectivity index (χ1v) is 9.06. The Morgan fingerprint density at radius 1 is 1.30 bits per heavy atom. The van der Waals surface area contributed by atoms with E-state index >= 15 is 0 Å². The Kier molecular flexibility index (Phi) is 6.38. The zero-order valence-corrected chi connectivity index (χ0v) is 15.2. The minimum absolute atomic E-state index is 0.0757. The van der Waals surface area contributed by atoms with Crippen LogP contribution in [0.2, 0.25) is 0 Å². The zero-order valence-electron chi connectivity index (χ0n) is 15.2. The highest BCUT2D eigenvalue weighted by Crippen LogP contribution is 2.22. The average Bonchev–Trinajstić information content (AvgIpc) is 3.20. The molecule has 2 N–H and O–H groups in total. The van der Waals surface area contributed by atoms with E-state index < -0.39 is 5.97 Å². The van der Waals surface area contributed by atoms with Gasteiger partial charge < -0.3 is 20.1 Å². The van der Waals surface area contributed by atoms with Gasteiger partial charge >= 0.3 is 5.97 Å². The first-order valence-electron chi connectivity index (χ1n) is 9.06. The molecule has 1 saturated heterocycles. The normalized spacial score (nSPS) is 16.0. The van der Waals surface area contributed by atoms with Crippen LogP contribution in [0.25, 0.3) is 0 Å². The summed E-state index contributed by atoms with van der Waals surface area (Å²) in [6.45, 7) is 3.29. The van der Waals surface area contributed by atoms with Crippen molar-refractivity contribution in [1.29, 1.82) is 0 Å². The van der Waals surface area contributed by atoms with Crippen molar-refractivity contribution in [3.05, 3.63) is 53.9 Å². The quantitative estimate of drug-likeness (QED) is 0.730. The van der Waals surface area contributed by atoms with Crippen LogP contribution in [0.3, 0.4) is 0 Å². The van der Waals surface area contributed by atoms with Crippen LogP contribution in [0.1, 0.15) is 40.6 Å². The van der Waals surface area contributed by atoms with Crippen LogP contribution in [0.4, 0.5) is 11.4 Å². The monoisotopic (exact) mass is 369 g/mol. The van der Waals surface area contributed by atoms with Gasteiger partial charge in [0, 0.05) is 25.0 Å². The standard InChI is InChI=1S/C20H23N3O4/c1-2-26-20(25)16-7-3-4-8-17(16)23-14-9-10-21-18(12-14)19(24)22-13-15-6-5-11-27-15/h3-4,7-10,12,15H,2,5-6,11,13H2,1H3,(H,21,23)(H,22,24). The first-order chi connectivity index (χ1) is 13.2. The molecule has 27 heavy (non-hydrogen) atoms. The van der Waals surface area contributed by atoms with Crippen molar-refractivity contribution in [2.75, 3.05) is 25.1 Å². The predicted octanol–water partition coefficient (Wildman–Crippen LogP) is 2.91. The van der Waals surface area contributed by atoms with Crippen molar-refractivity contribution in [2.45, 2.75) is 25.9 Å². The number of carbonyl (C=O) groups excluding carboxylic acids is 2. The number of aromatic nitrogens is 1. The van der Waals surface area contributed by atoms with Crippen LogP contribution in [-0.2, 0) is 9.47 Å². The minimum atomic E-state index is -0.399. The topological polar surface area (TPSA) is 89.5 Å². The van der Waals surface area contributed by atoms with Crippen molar-refractivity contribution in [3.8, 4) is 0 Å². The lowest BCUT2D eigenvalue weighted by atomic mass is 10.1. The molecule has 1 unspecified atom stereocenters. The third-order valence-corrected chi connectivity index (χ3v) is 4.21. The highest BCUT2D eigenvalue weighted by Gasteiger charge is 2.17. The molecule has 7 heteroatoms. The molecular weight excluding hydrogens is 346 g/mol. The number of benzene rings is 1. The first kappa shape index (κ1) is 18.8. The Balaban J connectivity index is 1.69. The smallest absolute Gasteiger partial charge is 0.340 e. The lowest BCUT2D eigenvalue weighted by Gasteiger charge is -2.13. The summed E-state index contributed by atoms with van der Waals surface area (Å²) in [5.74, 6) is -0.656. The number of anilines is 2. The number of esters is 1. The molecule has 1 aliphatic heterocycles. The molecular formula is C20H23N3O4. The Morgan fingerprint density at radius 3 is 2.93 bits per heavy atom. The summed E-state index contributed by atoms with van der Waals surface area (Å²) in [6.07, 6.45) is 3.61. The molecule has 0 saturated carbocycles. The largest absolute Gasteiger partial charge is 0.462 e. The summed E-state index contributed by atoms with van der Waals surface area (Å²) in [5.41, 5.74) is 1.99. The van der Waals surface area contributed by atoms with E-state index in [1.54, 1.807) is 43.5 Å². The molecule has 0 spiro atoms. The third-order valence-electron chi connectivity index (χ3n) is 4.21. The molecule has 2 aromatic rings. The fourth-order valence-electron chi connectivity index (χ4n) is 2.87. The van der Waals surface area contributed by atoms with Gasteiger partial charge in [0.05, 0.1) is 24.0 Å². The van der Waals surface area contributed by atoms with Crippen molar-refractivity contribution < 1.29 is 19.1 Å². The fraction of sp³-hybridized carbons (Fsp3) is 0.350. The van der Waals surface area contributed by atoms with Crippen molar-refractivity contribution >= 4 is 23.3 Å². The Morgan fingerprint density at radius 2 is 2.15 bits per heavy atom. The van der Waals surface area contributed by atoms with Gasteiger partial charge in [0.2, 0.25) is 0 Å². The van der Waals surface area contributed by atoms with Crippen LogP contribution in [0.15, 0.2) is 42.6 Å². The molecule has 3 rings (SSSR count). The number of rotatable bonds is 7. The highest BCUT2D eigenvalue weighted by atomic mass is 16.5. The molecule has 0 radical (unpaired) electrons. The molecule has 1 aromatic carbocycles. The van der Waals surface area contributed by atoms with Gasteiger partial charge in [0.1, 0.15) is 5.69 Å². The lowest BCUT2D eigenvalue weighted by Crippen LogP contribution is -2.32. The van der Waals surface area contributed by atoms with Crippen LogP contribution in [0.5, 0.6) is 0 Å². The van der Waals surface area contributed by atoms with Gasteiger partial charge in [-0.1, -0.05) is 12.1 Å². The molecule has 1 amide bonds. The maximum absolute atomic E-state index is 12.3. The Labute approximate surface area is 158 Å². The fourth-order valence-corrected chi connectivity index (χ4v) is 2.87. The van der Waals surface area contributed by atoms with E-state index in [0.717, 1.165) is 19.4 Å². The third kappa shape index (κ3) is 5.04.